The predicted octanol–water partition coefficient (Wildman–Crippen LogP) is 2.94. The van der Waals surface area contributed by atoms with Gasteiger partial charge in [-0.1, -0.05) is 24.1 Å². The number of piperidine rings is 1. The van der Waals surface area contributed by atoms with E-state index in [2.05, 4.69) is 10.1 Å². The largest absolute Gasteiger partial charge is 0.465 e. The van der Waals surface area contributed by atoms with Gasteiger partial charge >= 0.3 is 5.97 Å². The Kier molecular flexibility index (Phi) is 4.02. The molecule has 0 bridgehead atoms. The summed E-state index contributed by atoms with van der Waals surface area (Å²) in [6.07, 6.45) is 3.53. The van der Waals surface area contributed by atoms with Crippen LogP contribution in [-0.2, 0) is 4.74 Å². The van der Waals surface area contributed by atoms with Crippen LogP contribution in [0.3, 0.4) is 0 Å². The molecule has 3 nitrogen and oxygen atoms in total. The molecule has 92 valence electrons. The van der Waals surface area contributed by atoms with Crippen LogP contribution in [0.15, 0.2) is 18.2 Å². The lowest BCUT2D eigenvalue weighted by atomic mass is 9.96. The van der Waals surface area contributed by atoms with Gasteiger partial charge in [0.05, 0.1) is 12.7 Å². The number of hydrogen-bond donors (Lipinski definition) is 1. The van der Waals surface area contributed by atoms with Crippen LogP contribution in [0, 0.1) is 0 Å². The smallest absolute Gasteiger partial charge is 0.337 e. The average Bonchev–Trinajstić information content (AvgIpc) is 2.38. The van der Waals surface area contributed by atoms with Crippen molar-refractivity contribution in [3.63, 3.8) is 0 Å². The van der Waals surface area contributed by atoms with Crippen LogP contribution in [-0.4, -0.2) is 19.6 Å². The molecule has 17 heavy (non-hydrogen) atoms. The Hall–Kier alpha value is -1.06. The third kappa shape index (κ3) is 2.79. The molecule has 4 heteroatoms. The minimum atomic E-state index is -0.352. The molecule has 1 aliphatic heterocycles. The Balaban J connectivity index is 2.21. The van der Waals surface area contributed by atoms with E-state index in [4.69, 9.17) is 11.6 Å². The molecule has 1 heterocycles. The van der Waals surface area contributed by atoms with E-state index in [9.17, 15) is 4.79 Å². The van der Waals surface area contributed by atoms with Crippen molar-refractivity contribution in [1.82, 2.24) is 5.32 Å². The van der Waals surface area contributed by atoms with E-state index >= 15 is 0 Å². The number of ether oxygens (including phenoxy) is 1. The molecule has 1 saturated heterocycles. The summed E-state index contributed by atoms with van der Waals surface area (Å²) in [7, 11) is 1.37. The molecule has 0 saturated carbocycles. The second kappa shape index (κ2) is 5.52. The van der Waals surface area contributed by atoms with Crippen molar-refractivity contribution in [2.45, 2.75) is 25.3 Å². The number of benzene rings is 1. The fraction of sp³-hybridized carbons (Fsp3) is 0.462. The Labute approximate surface area is 106 Å². The summed E-state index contributed by atoms with van der Waals surface area (Å²) in [5.41, 5.74) is 1.57. The second-order valence-electron chi connectivity index (χ2n) is 4.23. The monoisotopic (exact) mass is 253 g/mol. The summed E-state index contributed by atoms with van der Waals surface area (Å²) < 4.78 is 4.66. The highest BCUT2D eigenvalue weighted by atomic mass is 35.5. The minimum absolute atomic E-state index is 0.308. The molecule has 1 atom stereocenters. The number of carbonyl (C=O) groups excluding carboxylic acids is 1. The summed E-state index contributed by atoms with van der Waals surface area (Å²) >= 11 is 6.22. The predicted molar refractivity (Wildman–Crippen MR) is 67.4 cm³/mol. The Morgan fingerprint density at radius 2 is 2.29 bits per heavy atom. The quantitative estimate of drug-likeness (QED) is 0.824. The fourth-order valence-corrected chi connectivity index (χ4v) is 2.48. The lowest BCUT2D eigenvalue weighted by molar-refractivity contribution is 0.0600. The molecule has 0 spiro atoms. The lowest BCUT2D eigenvalue weighted by Crippen LogP contribution is -2.27. The van der Waals surface area contributed by atoms with Crippen molar-refractivity contribution in [2.24, 2.45) is 0 Å². The molecular weight excluding hydrogens is 238 g/mol. The number of methoxy groups -OCH3 is 1. The Morgan fingerprint density at radius 1 is 1.47 bits per heavy atom. The van der Waals surface area contributed by atoms with E-state index < -0.39 is 0 Å². The van der Waals surface area contributed by atoms with Crippen molar-refractivity contribution in [3.8, 4) is 0 Å². The van der Waals surface area contributed by atoms with Gasteiger partial charge in [-0.25, -0.2) is 4.79 Å². The normalized spacial score (nSPS) is 20.0. The van der Waals surface area contributed by atoms with E-state index in [1.54, 1.807) is 12.1 Å². The van der Waals surface area contributed by atoms with Gasteiger partial charge in [0.25, 0.3) is 0 Å². The van der Waals surface area contributed by atoms with Crippen molar-refractivity contribution in [2.75, 3.05) is 13.7 Å². The standard InChI is InChI=1S/C13H16ClNO2/c1-17-13(16)9-5-6-10(11(14)8-9)12-4-2-3-7-15-12/h5-6,8,12,15H,2-4,7H2,1H3. The van der Waals surface area contributed by atoms with E-state index in [-0.39, 0.29) is 5.97 Å². The molecule has 1 aromatic rings. The zero-order valence-electron chi connectivity index (χ0n) is 9.83. The van der Waals surface area contributed by atoms with Gasteiger partial charge in [0, 0.05) is 11.1 Å². The van der Waals surface area contributed by atoms with Crippen LogP contribution >= 0.6 is 11.6 Å². The minimum Gasteiger partial charge on any atom is -0.465 e. The summed E-state index contributed by atoms with van der Waals surface area (Å²) in [6.45, 7) is 1.03. The number of carbonyl (C=O) groups is 1. The molecule has 0 radical (unpaired) electrons. The third-order valence-corrected chi connectivity index (χ3v) is 3.43. The molecule has 2 rings (SSSR count). The van der Waals surface area contributed by atoms with E-state index in [0.29, 0.717) is 16.6 Å². The van der Waals surface area contributed by atoms with Crippen molar-refractivity contribution >= 4 is 17.6 Å². The van der Waals surface area contributed by atoms with E-state index in [1.807, 2.05) is 6.07 Å². The molecule has 1 unspecified atom stereocenters. The number of hydrogen-bond acceptors (Lipinski definition) is 3. The van der Waals surface area contributed by atoms with Crippen molar-refractivity contribution in [1.29, 1.82) is 0 Å². The summed E-state index contributed by atoms with van der Waals surface area (Å²) in [4.78, 5) is 11.4. The number of esters is 1. The van der Waals surface area contributed by atoms with Crippen LogP contribution in [0.5, 0.6) is 0 Å². The zero-order valence-corrected chi connectivity index (χ0v) is 10.6. The van der Waals surface area contributed by atoms with Crippen LogP contribution in [0.1, 0.15) is 41.2 Å². The van der Waals surface area contributed by atoms with Gasteiger partial charge in [0.2, 0.25) is 0 Å². The highest BCUT2D eigenvalue weighted by Crippen LogP contribution is 2.29. The van der Waals surface area contributed by atoms with Gasteiger partial charge in [-0.15, -0.1) is 0 Å². The number of nitrogens with one attached hydrogen (secondary N) is 1. The van der Waals surface area contributed by atoms with Crippen molar-refractivity contribution in [3.05, 3.63) is 34.3 Å². The van der Waals surface area contributed by atoms with E-state index in [0.717, 1.165) is 18.5 Å². The Bertz CT molecular complexity index is 414. The fourth-order valence-electron chi connectivity index (χ4n) is 2.17. The maximum atomic E-state index is 11.4. The SMILES string of the molecule is COC(=O)c1ccc(C2CCCCN2)c(Cl)c1. The first-order chi connectivity index (χ1) is 8.22. The topological polar surface area (TPSA) is 38.3 Å². The van der Waals surface area contributed by atoms with Crippen LogP contribution in [0.25, 0.3) is 0 Å². The first-order valence-electron chi connectivity index (χ1n) is 5.83. The first kappa shape index (κ1) is 12.4. The maximum Gasteiger partial charge on any atom is 0.337 e. The zero-order chi connectivity index (χ0) is 12.3. The molecule has 0 aliphatic carbocycles. The van der Waals surface area contributed by atoms with Gasteiger partial charge in [0.1, 0.15) is 0 Å². The average molecular weight is 254 g/mol. The second-order valence-corrected chi connectivity index (χ2v) is 4.64. The molecule has 1 N–H and O–H groups in total. The third-order valence-electron chi connectivity index (χ3n) is 3.11. The molecule has 0 aromatic heterocycles. The van der Waals surface area contributed by atoms with Crippen LogP contribution in [0.2, 0.25) is 5.02 Å². The Morgan fingerprint density at radius 3 is 2.88 bits per heavy atom. The lowest BCUT2D eigenvalue weighted by Gasteiger charge is -2.24. The number of rotatable bonds is 2. The highest BCUT2D eigenvalue weighted by Gasteiger charge is 2.18. The highest BCUT2D eigenvalue weighted by molar-refractivity contribution is 6.31. The van der Waals surface area contributed by atoms with Gasteiger partial charge in [-0.3, -0.25) is 0 Å². The number of halogens is 1. The maximum absolute atomic E-state index is 11.4. The van der Waals surface area contributed by atoms with E-state index in [1.165, 1.54) is 20.0 Å². The van der Waals surface area contributed by atoms with Crippen LogP contribution < -0.4 is 5.32 Å². The summed E-state index contributed by atoms with van der Waals surface area (Å²) in [5, 5.41) is 4.07. The van der Waals surface area contributed by atoms with Gasteiger partial charge in [-0.05, 0) is 37.1 Å². The molecule has 1 fully saturated rings. The summed E-state index contributed by atoms with van der Waals surface area (Å²) in [5.74, 6) is -0.352. The summed E-state index contributed by atoms with van der Waals surface area (Å²) in [6, 6.07) is 5.67. The molecule has 0 amide bonds. The molecular formula is C13H16ClNO2. The van der Waals surface area contributed by atoms with Gasteiger partial charge < -0.3 is 10.1 Å². The van der Waals surface area contributed by atoms with Gasteiger partial charge in [-0.2, -0.15) is 0 Å². The van der Waals surface area contributed by atoms with Gasteiger partial charge in [0.15, 0.2) is 0 Å². The molecule has 1 aromatic carbocycles. The molecule has 1 aliphatic rings. The van der Waals surface area contributed by atoms with Crippen molar-refractivity contribution < 1.29 is 9.53 Å². The van der Waals surface area contributed by atoms with Crippen LogP contribution in [0.4, 0.5) is 0 Å². The first-order valence-corrected chi connectivity index (χ1v) is 6.21.